The first-order chi connectivity index (χ1) is 16.1. The van der Waals surface area contributed by atoms with Gasteiger partial charge in [0.2, 0.25) is 11.8 Å². The molecule has 0 aliphatic carbocycles. The van der Waals surface area contributed by atoms with E-state index in [-0.39, 0.29) is 12.3 Å². The van der Waals surface area contributed by atoms with Crippen molar-refractivity contribution in [3.63, 3.8) is 0 Å². The van der Waals surface area contributed by atoms with Crippen LogP contribution in [0.3, 0.4) is 0 Å². The van der Waals surface area contributed by atoms with Crippen molar-refractivity contribution in [2.24, 2.45) is 0 Å². The lowest BCUT2D eigenvalue weighted by atomic mass is 9.75. The van der Waals surface area contributed by atoms with Gasteiger partial charge in [0, 0.05) is 13.1 Å². The molecule has 2 rings (SSSR count). The molecule has 2 saturated heterocycles. The maximum absolute atomic E-state index is 13.4. The van der Waals surface area contributed by atoms with Gasteiger partial charge in [-0.15, -0.1) is 0 Å². The maximum atomic E-state index is 13.4. The maximum Gasteiger partial charge on any atom is 0.481 e. The first-order valence-corrected chi connectivity index (χ1v) is 12.7. The fourth-order valence-electron chi connectivity index (χ4n) is 3.81. The molecule has 35 heavy (non-hydrogen) atoms. The number of morpholine rings is 1. The number of ether oxygens (including phenoxy) is 2. The van der Waals surface area contributed by atoms with E-state index in [1.54, 1.807) is 25.7 Å². The fraction of sp³-hybridized carbons (Fsp3) is 0.875. The zero-order valence-electron chi connectivity index (χ0n) is 22.7. The number of unbranched alkanes of at least 4 members (excludes halogenated alkanes) is 1. The average Bonchev–Trinajstić information content (AvgIpc) is 2.96. The third kappa shape index (κ3) is 8.65. The third-order valence-corrected chi connectivity index (χ3v) is 6.55. The lowest BCUT2D eigenvalue weighted by Crippen LogP contribution is -2.56. The highest BCUT2D eigenvalue weighted by atomic mass is 16.7. The minimum absolute atomic E-state index is 0.186. The zero-order valence-corrected chi connectivity index (χ0v) is 22.7. The van der Waals surface area contributed by atoms with Crippen LogP contribution in [0.1, 0.15) is 81.1 Å². The van der Waals surface area contributed by atoms with E-state index in [2.05, 4.69) is 17.6 Å². The molecule has 2 atom stereocenters. The molecule has 0 bridgehead atoms. The Balaban J connectivity index is 2.17. The predicted molar refractivity (Wildman–Crippen MR) is 133 cm³/mol. The van der Waals surface area contributed by atoms with E-state index in [1.165, 1.54) is 0 Å². The molecule has 0 saturated carbocycles. The molecular formula is C24H44BN3O7. The van der Waals surface area contributed by atoms with Gasteiger partial charge in [-0.2, -0.15) is 0 Å². The van der Waals surface area contributed by atoms with E-state index >= 15 is 0 Å². The Bertz CT molecular complexity index is 732. The Morgan fingerprint density at radius 2 is 1.60 bits per heavy atom. The molecule has 10 nitrogen and oxygen atoms in total. The van der Waals surface area contributed by atoms with Crippen molar-refractivity contribution in [1.82, 2.24) is 15.5 Å². The Kier molecular flexibility index (Phi) is 10.0. The van der Waals surface area contributed by atoms with E-state index in [4.69, 9.17) is 18.8 Å². The van der Waals surface area contributed by atoms with Gasteiger partial charge in [-0.05, 0) is 54.9 Å². The average molecular weight is 497 g/mol. The van der Waals surface area contributed by atoms with Crippen LogP contribution in [0.2, 0.25) is 0 Å². The molecule has 2 aliphatic heterocycles. The Labute approximate surface area is 210 Å². The SMILES string of the molecule is CCCC[C@H](NC(=O)[C@@H](CC(=O)N1CCOCC1)NC(=O)OC(C)(C)C)B1OC(C)(C)C(C)(C)O1. The molecule has 200 valence electrons. The van der Waals surface area contributed by atoms with Crippen molar-refractivity contribution < 1.29 is 33.2 Å². The second kappa shape index (κ2) is 11.9. The number of nitrogens with zero attached hydrogens (tertiary/aromatic N) is 1. The van der Waals surface area contributed by atoms with Crippen LogP contribution in [-0.4, -0.2) is 85.0 Å². The molecule has 0 unspecified atom stereocenters. The number of hydrogen-bond donors (Lipinski definition) is 2. The molecule has 2 N–H and O–H groups in total. The first-order valence-electron chi connectivity index (χ1n) is 12.7. The molecule has 0 aromatic carbocycles. The van der Waals surface area contributed by atoms with Gasteiger partial charge in [0.25, 0.3) is 0 Å². The van der Waals surface area contributed by atoms with E-state index < -0.39 is 47.9 Å². The topological polar surface area (TPSA) is 115 Å². The fourth-order valence-corrected chi connectivity index (χ4v) is 3.81. The molecule has 0 spiro atoms. The second-order valence-corrected chi connectivity index (χ2v) is 11.3. The van der Waals surface area contributed by atoms with Crippen LogP contribution < -0.4 is 10.6 Å². The highest BCUT2D eigenvalue weighted by molar-refractivity contribution is 6.48. The van der Waals surface area contributed by atoms with Crippen LogP contribution in [0.5, 0.6) is 0 Å². The van der Waals surface area contributed by atoms with Crippen LogP contribution in [0.25, 0.3) is 0 Å². The monoisotopic (exact) mass is 497 g/mol. The highest BCUT2D eigenvalue weighted by Gasteiger charge is 2.54. The Morgan fingerprint density at radius 3 is 2.11 bits per heavy atom. The summed E-state index contributed by atoms with van der Waals surface area (Å²) < 4.78 is 23.0. The van der Waals surface area contributed by atoms with E-state index in [0.29, 0.717) is 32.7 Å². The van der Waals surface area contributed by atoms with Gasteiger partial charge >= 0.3 is 13.2 Å². The van der Waals surface area contributed by atoms with Crippen molar-refractivity contribution in [3.8, 4) is 0 Å². The minimum Gasteiger partial charge on any atom is -0.444 e. The summed E-state index contributed by atoms with van der Waals surface area (Å²) in [7, 11) is -0.646. The largest absolute Gasteiger partial charge is 0.481 e. The van der Waals surface area contributed by atoms with Crippen LogP contribution in [-0.2, 0) is 28.4 Å². The summed E-state index contributed by atoms with van der Waals surface area (Å²) in [6.07, 6.45) is 1.48. The smallest absolute Gasteiger partial charge is 0.444 e. The number of amides is 3. The van der Waals surface area contributed by atoms with Crippen molar-refractivity contribution in [1.29, 1.82) is 0 Å². The molecule has 3 amide bonds. The summed E-state index contributed by atoms with van der Waals surface area (Å²) in [6, 6.07) is -1.10. The number of hydrogen-bond acceptors (Lipinski definition) is 7. The summed E-state index contributed by atoms with van der Waals surface area (Å²) >= 11 is 0. The molecule has 0 radical (unpaired) electrons. The lowest BCUT2D eigenvalue weighted by molar-refractivity contribution is -0.138. The standard InChI is InChI=1S/C24H44BN3O7/c1-9-10-11-18(25-34-23(5,6)24(7,8)35-25)27-20(30)17(26-21(31)33-22(2,3)4)16-19(29)28-12-14-32-15-13-28/h17-18H,9-16H2,1-8H3,(H,26,31)(H,27,30)/t17-,18+/m1/s1. The lowest BCUT2D eigenvalue weighted by Gasteiger charge is -2.32. The summed E-state index contributed by atoms with van der Waals surface area (Å²) in [5, 5.41) is 5.59. The molecule has 2 heterocycles. The van der Waals surface area contributed by atoms with Gasteiger partial charge in [0.1, 0.15) is 11.6 Å². The highest BCUT2D eigenvalue weighted by Crippen LogP contribution is 2.38. The van der Waals surface area contributed by atoms with Crippen LogP contribution >= 0.6 is 0 Å². The summed E-state index contributed by atoms with van der Waals surface area (Å²) in [6.45, 7) is 16.9. The minimum atomic E-state index is -1.10. The van der Waals surface area contributed by atoms with E-state index in [9.17, 15) is 14.4 Å². The summed E-state index contributed by atoms with van der Waals surface area (Å²) in [4.78, 5) is 40.5. The number of carbonyl (C=O) groups excluding carboxylic acids is 3. The number of carbonyl (C=O) groups is 3. The third-order valence-electron chi connectivity index (χ3n) is 6.55. The first kappa shape index (κ1) is 29.4. The van der Waals surface area contributed by atoms with Crippen LogP contribution in [0, 0.1) is 0 Å². The van der Waals surface area contributed by atoms with Gasteiger partial charge < -0.3 is 34.3 Å². The van der Waals surface area contributed by atoms with Gasteiger partial charge in [-0.3, -0.25) is 9.59 Å². The Morgan fingerprint density at radius 1 is 1.03 bits per heavy atom. The second-order valence-electron chi connectivity index (χ2n) is 11.3. The van der Waals surface area contributed by atoms with Crippen molar-refractivity contribution in [2.45, 2.75) is 110 Å². The molecule has 2 aliphatic rings. The zero-order chi connectivity index (χ0) is 26.4. The predicted octanol–water partition coefficient (Wildman–Crippen LogP) is 2.44. The number of rotatable bonds is 9. The van der Waals surface area contributed by atoms with Crippen LogP contribution in [0.15, 0.2) is 0 Å². The molecule has 0 aromatic rings. The molecule has 0 aromatic heterocycles. The Hall–Kier alpha value is -1.85. The molecular weight excluding hydrogens is 453 g/mol. The number of nitrogens with one attached hydrogen (secondary N) is 2. The quantitative estimate of drug-likeness (QED) is 0.470. The van der Waals surface area contributed by atoms with E-state index in [0.717, 1.165) is 12.8 Å². The van der Waals surface area contributed by atoms with Crippen molar-refractivity contribution in [3.05, 3.63) is 0 Å². The van der Waals surface area contributed by atoms with Gasteiger partial charge in [-0.1, -0.05) is 19.8 Å². The summed E-state index contributed by atoms with van der Waals surface area (Å²) in [5.41, 5.74) is -1.84. The summed E-state index contributed by atoms with van der Waals surface area (Å²) in [5.74, 6) is -1.15. The van der Waals surface area contributed by atoms with Crippen molar-refractivity contribution >= 4 is 25.0 Å². The van der Waals surface area contributed by atoms with Gasteiger partial charge in [0.05, 0.1) is 36.8 Å². The van der Waals surface area contributed by atoms with E-state index in [1.807, 2.05) is 27.7 Å². The van der Waals surface area contributed by atoms with Crippen LogP contribution in [0.4, 0.5) is 4.79 Å². The molecule has 11 heteroatoms. The van der Waals surface area contributed by atoms with Gasteiger partial charge in [-0.25, -0.2) is 4.79 Å². The number of alkyl carbamates (subject to hydrolysis) is 1. The normalized spacial score (nSPS) is 21.3. The van der Waals surface area contributed by atoms with Crippen molar-refractivity contribution in [2.75, 3.05) is 26.3 Å². The molecule has 2 fully saturated rings. The van der Waals surface area contributed by atoms with Gasteiger partial charge in [0.15, 0.2) is 0 Å².